The summed E-state index contributed by atoms with van der Waals surface area (Å²) in [5, 5.41) is 2.83. The Morgan fingerprint density at radius 2 is 2.05 bits per heavy atom. The lowest BCUT2D eigenvalue weighted by Gasteiger charge is -2.19. The van der Waals surface area contributed by atoms with Crippen LogP contribution in [-0.4, -0.2) is 24.9 Å². The summed E-state index contributed by atoms with van der Waals surface area (Å²) in [7, 11) is 1.55. The first kappa shape index (κ1) is 17.3. The van der Waals surface area contributed by atoms with Crippen LogP contribution in [0.3, 0.4) is 0 Å². The fourth-order valence-electron chi connectivity index (χ4n) is 2.10. The lowest BCUT2D eigenvalue weighted by molar-refractivity contribution is 0.0948. The number of hydrogen-bond donors (Lipinski definition) is 1. The molecular weight excluding hydrogens is 342 g/mol. The van der Waals surface area contributed by atoms with Crippen LogP contribution >= 0.6 is 27.5 Å². The number of methoxy groups -OCH3 is 1. The minimum atomic E-state index is -0.161. The molecule has 0 spiro atoms. The van der Waals surface area contributed by atoms with Gasteiger partial charge in [0.2, 0.25) is 0 Å². The summed E-state index contributed by atoms with van der Waals surface area (Å²) in [5.74, 6) is 0.806. The molecule has 1 rings (SSSR count). The third-order valence-electron chi connectivity index (χ3n) is 3.43. The van der Waals surface area contributed by atoms with Gasteiger partial charge in [0.15, 0.2) is 0 Å². The van der Waals surface area contributed by atoms with Gasteiger partial charge in [-0.1, -0.05) is 42.6 Å². The molecule has 0 fully saturated rings. The molecule has 3 nitrogen and oxygen atoms in total. The van der Waals surface area contributed by atoms with Crippen molar-refractivity contribution in [3.8, 4) is 5.75 Å². The topological polar surface area (TPSA) is 38.3 Å². The van der Waals surface area contributed by atoms with Gasteiger partial charge >= 0.3 is 0 Å². The van der Waals surface area contributed by atoms with E-state index in [1.54, 1.807) is 19.2 Å². The molecule has 1 aromatic carbocycles. The second kappa shape index (κ2) is 8.53. The molecule has 1 atom stereocenters. The Kier molecular flexibility index (Phi) is 7.38. The molecule has 0 radical (unpaired) electrons. The third-order valence-corrected chi connectivity index (χ3v) is 4.43. The molecule has 1 N–H and O–H groups in total. The Labute approximate surface area is 134 Å². The van der Waals surface area contributed by atoms with Gasteiger partial charge in [0.25, 0.3) is 5.91 Å². The number of amides is 1. The van der Waals surface area contributed by atoms with Gasteiger partial charge in [0.05, 0.1) is 18.1 Å². The highest BCUT2D eigenvalue weighted by Crippen LogP contribution is 2.23. The zero-order valence-electron chi connectivity index (χ0n) is 12.1. The van der Waals surface area contributed by atoms with Crippen LogP contribution in [0.15, 0.2) is 22.7 Å². The van der Waals surface area contributed by atoms with Crippen LogP contribution in [0.5, 0.6) is 5.75 Å². The monoisotopic (exact) mass is 361 g/mol. The molecule has 0 saturated heterocycles. The van der Waals surface area contributed by atoms with E-state index in [-0.39, 0.29) is 11.3 Å². The molecular formula is C15H21BrClNO2. The number of carbonyl (C=O) groups excluding carboxylic acids is 1. The summed E-state index contributed by atoms with van der Waals surface area (Å²) < 4.78 is 6.09. The van der Waals surface area contributed by atoms with E-state index in [1.165, 1.54) is 0 Å². The normalized spacial score (nSPS) is 12.3. The van der Waals surface area contributed by atoms with E-state index >= 15 is 0 Å². The summed E-state index contributed by atoms with van der Waals surface area (Å²) in [6, 6.07) is 5.32. The maximum Gasteiger partial charge on any atom is 0.255 e. The van der Waals surface area contributed by atoms with Crippen LogP contribution in [-0.2, 0) is 0 Å². The Morgan fingerprint density at radius 1 is 1.40 bits per heavy atom. The third kappa shape index (κ3) is 4.67. The van der Waals surface area contributed by atoms with Gasteiger partial charge in [0.1, 0.15) is 5.75 Å². The SMILES string of the molecule is CCC(CC)C(Cl)CNC(=O)c1ccc(Br)cc1OC. The minimum Gasteiger partial charge on any atom is -0.496 e. The quantitative estimate of drug-likeness (QED) is 0.737. The fraction of sp³-hybridized carbons (Fsp3) is 0.533. The zero-order valence-corrected chi connectivity index (χ0v) is 14.4. The van der Waals surface area contributed by atoms with Gasteiger partial charge in [-0.25, -0.2) is 0 Å². The predicted octanol–water partition coefficient (Wildman–Crippen LogP) is 4.23. The maximum atomic E-state index is 12.2. The summed E-state index contributed by atoms with van der Waals surface area (Å²) in [5.41, 5.74) is 0.518. The van der Waals surface area contributed by atoms with Gasteiger partial charge in [-0.15, -0.1) is 11.6 Å². The largest absolute Gasteiger partial charge is 0.496 e. The first-order chi connectivity index (χ1) is 9.53. The van der Waals surface area contributed by atoms with Crippen LogP contribution in [0.1, 0.15) is 37.0 Å². The maximum absolute atomic E-state index is 12.2. The predicted molar refractivity (Wildman–Crippen MR) is 86.7 cm³/mol. The zero-order chi connectivity index (χ0) is 15.1. The lowest BCUT2D eigenvalue weighted by Crippen LogP contribution is -2.33. The highest BCUT2D eigenvalue weighted by molar-refractivity contribution is 9.10. The molecule has 0 heterocycles. The molecule has 1 aromatic rings. The molecule has 1 unspecified atom stereocenters. The Morgan fingerprint density at radius 3 is 2.60 bits per heavy atom. The van der Waals surface area contributed by atoms with Crippen molar-refractivity contribution in [2.24, 2.45) is 5.92 Å². The van der Waals surface area contributed by atoms with Crippen LogP contribution in [0.25, 0.3) is 0 Å². The standard InChI is InChI=1S/C15H21BrClNO2/c1-4-10(5-2)13(17)9-18-15(19)12-7-6-11(16)8-14(12)20-3/h6-8,10,13H,4-5,9H2,1-3H3,(H,18,19). The van der Waals surface area contributed by atoms with Crippen molar-refractivity contribution in [3.05, 3.63) is 28.2 Å². The van der Waals surface area contributed by atoms with E-state index in [2.05, 4.69) is 35.1 Å². The highest BCUT2D eigenvalue weighted by Gasteiger charge is 2.18. The molecule has 0 bridgehead atoms. The number of nitrogens with one attached hydrogen (secondary N) is 1. The Balaban J connectivity index is 2.68. The second-order valence-corrected chi connectivity index (χ2v) is 6.12. The number of carbonyl (C=O) groups is 1. The molecule has 0 saturated carbocycles. The van der Waals surface area contributed by atoms with Crippen molar-refractivity contribution in [3.63, 3.8) is 0 Å². The van der Waals surface area contributed by atoms with Crippen LogP contribution in [0, 0.1) is 5.92 Å². The molecule has 0 aliphatic heterocycles. The summed E-state index contributed by atoms with van der Waals surface area (Å²) in [6.45, 7) is 4.69. The molecule has 5 heteroatoms. The van der Waals surface area contributed by atoms with E-state index in [9.17, 15) is 4.79 Å². The van der Waals surface area contributed by atoms with E-state index < -0.39 is 0 Å². The van der Waals surface area contributed by atoms with E-state index in [1.807, 2.05) is 6.07 Å². The number of alkyl halides is 1. The van der Waals surface area contributed by atoms with E-state index in [0.717, 1.165) is 17.3 Å². The smallest absolute Gasteiger partial charge is 0.255 e. The number of benzene rings is 1. The lowest BCUT2D eigenvalue weighted by atomic mass is 9.99. The Hall–Kier alpha value is -0.740. The average molecular weight is 363 g/mol. The fourth-order valence-corrected chi connectivity index (χ4v) is 2.88. The number of ether oxygens (including phenoxy) is 1. The summed E-state index contributed by atoms with van der Waals surface area (Å²) in [4.78, 5) is 12.2. The molecule has 20 heavy (non-hydrogen) atoms. The van der Waals surface area contributed by atoms with Crippen molar-refractivity contribution >= 4 is 33.4 Å². The van der Waals surface area contributed by atoms with Gasteiger partial charge in [-0.05, 0) is 24.1 Å². The molecule has 1 amide bonds. The van der Waals surface area contributed by atoms with Gasteiger partial charge in [-0.2, -0.15) is 0 Å². The van der Waals surface area contributed by atoms with Gasteiger partial charge < -0.3 is 10.1 Å². The van der Waals surface area contributed by atoms with E-state index in [4.69, 9.17) is 16.3 Å². The molecule has 0 aliphatic carbocycles. The number of rotatable bonds is 7. The van der Waals surface area contributed by atoms with Crippen molar-refractivity contribution in [2.45, 2.75) is 32.1 Å². The summed E-state index contributed by atoms with van der Waals surface area (Å²) >= 11 is 9.68. The van der Waals surface area contributed by atoms with Gasteiger partial charge in [0, 0.05) is 11.0 Å². The van der Waals surface area contributed by atoms with Crippen LogP contribution < -0.4 is 10.1 Å². The Bertz CT molecular complexity index is 449. The molecule has 0 aliphatic rings. The van der Waals surface area contributed by atoms with Gasteiger partial charge in [-0.3, -0.25) is 4.79 Å². The van der Waals surface area contributed by atoms with Crippen molar-refractivity contribution in [1.82, 2.24) is 5.32 Å². The molecule has 112 valence electrons. The van der Waals surface area contributed by atoms with Crippen molar-refractivity contribution < 1.29 is 9.53 Å². The average Bonchev–Trinajstić information content (AvgIpc) is 2.45. The van der Waals surface area contributed by atoms with Crippen molar-refractivity contribution in [2.75, 3.05) is 13.7 Å². The first-order valence-electron chi connectivity index (χ1n) is 6.79. The van der Waals surface area contributed by atoms with E-state index in [0.29, 0.717) is 23.8 Å². The number of hydrogen-bond acceptors (Lipinski definition) is 2. The highest BCUT2D eigenvalue weighted by atomic mass is 79.9. The van der Waals surface area contributed by atoms with Crippen LogP contribution in [0.4, 0.5) is 0 Å². The van der Waals surface area contributed by atoms with Crippen molar-refractivity contribution in [1.29, 1.82) is 0 Å². The van der Waals surface area contributed by atoms with Crippen LogP contribution in [0.2, 0.25) is 0 Å². The minimum absolute atomic E-state index is 0.0459. The number of halogens is 2. The summed E-state index contributed by atoms with van der Waals surface area (Å²) in [6.07, 6.45) is 2.03. The molecule has 0 aromatic heterocycles. The first-order valence-corrected chi connectivity index (χ1v) is 8.02. The second-order valence-electron chi connectivity index (χ2n) is 4.65.